The number of ether oxygens (including phenoxy) is 2. The third kappa shape index (κ3) is 4.86. The van der Waals surface area contributed by atoms with Gasteiger partial charge in [0.15, 0.2) is 16.7 Å². The SMILES string of the molecule is COc1cc(/C=N\N=C2NC(=O)CS2)ccc1OCc1cccc(C)c1. The summed E-state index contributed by atoms with van der Waals surface area (Å²) in [5, 5.41) is 11.1. The number of hydrogen-bond acceptors (Lipinski definition) is 6. The van der Waals surface area contributed by atoms with Gasteiger partial charge in [0, 0.05) is 0 Å². The van der Waals surface area contributed by atoms with Crippen LogP contribution < -0.4 is 14.8 Å². The summed E-state index contributed by atoms with van der Waals surface area (Å²) in [6, 6.07) is 13.7. The van der Waals surface area contributed by atoms with E-state index in [0.717, 1.165) is 11.1 Å². The van der Waals surface area contributed by atoms with Crippen molar-refractivity contribution < 1.29 is 14.3 Å². The lowest BCUT2D eigenvalue weighted by Gasteiger charge is -2.11. The second-order valence-corrected chi connectivity index (χ2v) is 6.64. The third-order valence-corrected chi connectivity index (χ3v) is 4.47. The number of nitrogens with zero attached hydrogens (tertiary/aromatic N) is 2. The molecule has 1 saturated heterocycles. The Hall–Kier alpha value is -2.80. The number of carbonyl (C=O) groups is 1. The van der Waals surface area contributed by atoms with Gasteiger partial charge in [-0.2, -0.15) is 5.10 Å². The van der Waals surface area contributed by atoms with Crippen molar-refractivity contribution in [1.29, 1.82) is 0 Å². The lowest BCUT2D eigenvalue weighted by atomic mass is 10.1. The Balaban J connectivity index is 1.66. The Kier molecular flexibility index (Phi) is 5.91. The van der Waals surface area contributed by atoms with Crippen molar-refractivity contribution >= 4 is 29.1 Å². The Morgan fingerprint density at radius 3 is 2.85 bits per heavy atom. The highest BCUT2D eigenvalue weighted by atomic mass is 32.2. The molecule has 0 saturated carbocycles. The number of aryl methyl sites for hydroxylation is 1. The molecular weight excluding hydrogens is 350 g/mol. The average molecular weight is 369 g/mol. The van der Waals surface area contributed by atoms with Crippen LogP contribution in [-0.4, -0.2) is 30.2 Å². The molecule has 1 aliphatic rings. The summed E-state index contributed by atoms with van der Waals surface area (Å²) >= 11 is 1.33. The van der Waals surface area contributed by atoms with Gasteiger partial charge in [0.2, 0.25) is 5.91 Å². The highest BCUT2D eigenvalue weighted by Gasteiger charge is 2.15. The van der Waals surface area contributed by atoms with Gasteiger partial charge in [-0.25, -0.2) is 0 Å². The van der Waals surface area contributed by atoms with Crippen molar-refractivity contribution in [3.63, 3.8) is 0 Å². The predicted molar refractivity (Wildman–Crippen MR) is 104 cm³/mol. The van der Waals surface area contributed by atoms with E-state index in [1.165, 1.54) is 17.3 Å². The number of hydrogen-bond donors (Lipinski definition) is 1. The zero-order valence-electron chi connectivity index (χ0n) is 14.6. The first-order valence-electron chi connectivity index (χ1n) is 8.04. The molecule has 0 spiro atoms. The molecule has 2 aromatic carbocycles. The van der Waals surface area contributed by atoms with Gasteiger partial charge in [-0.15, -0.1) is 5.10 Å². The van der Waals surface area contributed by atoms with Crippen molar-refractivity contribution in [3.8, 4) is 11.5 Å². The minimum Gasteiger partial charge on any atom is -0.493 e. The van der Waals surface area contributed by atoms with Gasteiger partial charge < -0.3 is 14.8 Å². The number of nitrogens with one attached hydrogen (secondary N) is 1. The molecule has 0 unspecified atom stereocenters. The summed E-state index contributed by atoms with van der Waals surface area (Å²) in [5.41, 5.74) is 3.12. The monoisotopic (exact) mass is 369 g/mol. The van der Waals surface area contributed by atoms with Crippen LogP contribution in [0.15, 0.2) is 52.7 Å². The molecule has 1 N–H and O–H groups in total. The Morgan fingerprint density at radius 2 is 2.12 bits per heavy atom. The fraction of sp³-hybridized carbons (Fsp3) is 0.211. The highest BCUT2D eigenvalue weighted by Crippen LogP contribution is 2.28. The van der Waals surface area contributed by atoms with Gasteiger partial charge >= 0.3 is 0 Å². The lowest BCUT2D eigenvalue weighted by Crippen LogP contribution is -2.19. The zero-order chi connectivity index (χ0) is 18.4. The van der Waals surface area contributed by atoms with E-state index in [4.69, 9.17) is 9.47 Å². The summed E-state index contributed by atoms with van der Waals surface area (Å²) in [5.74, 6) is 1.62. The topological polar surface area (TPSA) is 72.3 Å². The molecule has 7 heteroatoms. The largest absolute Gasteiger partial charge is 0.493 e. The Labute approximate surface area is 156 Å². The lowest BCUT2D eigenvalue weighted by molar-refractivity contribution is -0.116. The Bertz CT molecular complexity index is 865. The molecule has 1 amide bonds. The number of thioether (sulfide) groups is 1. The zero-order valence-corrected chi connectivity index (χ0v) is 15.4. The maximum atomic E-state index is 11.1. The van der Waals surface area contributed by atoms with Crippen molar-refractivity contribution in [1.82, 2.24) is 5.32 Å². The highest BCUT2D eigenvalue weighted by molar-refractivity contribution is 8.15. The third-order valence-electron chi connectivity index (χ3n) is 3.61. The summed E-state index contributed by atoms with van der Waals surface area (Å²) in [6.45, 7) is 2.52. The summed E-state index contributed by atoms with van der Waals surface area (Å²) in [4.78, 5) is 11.1. The minimum atomic E-state index is -0.0549. The molecule has 0 radical (unpaired) electrons. The normalized spacial score (nSPS) is 15.5. The van der Waals surface area contributed by atoms with Crippen LogP contribution in [-0.2, 0) is 11.4 Å². The smallest absolute Gasteiger partial charge is 0.236 e. The molecular formula is C19H19N3O3S. The fourth-order valence-electron chi connectivity index (χ4n) is 2.37. The molecule has 6 nitrogen and oxygen atoms in total. The first kappa shape index (κ1) is 18.0. The van der Waals surface area contributed by atoms with E-state index in [2.05, 4.69) is 34.6 Å². The van der Waals surface area contributed by atoms with E-state index in [1.807, 2.05) is 30.3 Å². The number of amidine groups is 1. The molecule has 1 heterocycles. The summed E-state index contributed by atoms with van der Waals surface area (Å²) < 4.78 is 11.3. The molecule has 134 valence electrons. The van der Waals surface area contributed by atoms with Gasteiger partial charge in [-0.05, 0) is 36.2 Å². The van der Waals surface area contributed by atoms with E-state index < -0.39 is 0 Å². The molecule has 26 heavy (non-hydrogen) atoms. The van der Waals surface area contributed by atoms with Crippen molar-refractivity contribution in [3.05, 3.63) is 59.2 Å². The van der Waals surface area contributed by atoms with Crippen molar-refractivity contribution in [2.75, 3.05) is 12.9 Å². The van der Waals surface area contributed by atoms with Crippen LogP contribution in [0.4, 0.5) is 0 Å². The maximum absolute atomic E-state index is 11.1. The van der Waals surface area contributed by atoms with Gasteiger partial charge in [-0.3, -0.25) is 4.79 Å². The maximum Gasteiger partial charge on any atom is 0.236 e. The molecule has 0 aliphatic carbocycles. The fourth-order valence-corrected chi connectivity index (χ4v) is 3.00. The number of amides is 1. The summed E-state index contributed by atoms with van der Waals surface area (Å²) in [6.07, 6.45) is 1.60. The molecule has 0 atom stereocenters. The predicted octanol–water partition coefficient (Wildman–Crippen LogP) is 3.14. The van der Waals surface area contributed by atoms with Crippen LogP contribution in [0.25, 0.3) is 0 Å². The van der Waals surface area contributed by atoms with Gasteiger partial charge in [0.1, 0.15) is 6.61 Å². The van der Waals surface area contributed by atoms with E-state index in [9.17, 15) is 4.79 Å². The molecule has 3 rings (SSSR count). The summed E-state index contributed by atoms with van der Waals surface area (Å²) in [7, 11) is 1.60. The van der Waals surface area contributed by atoms with Gasteiger partial charge in [0.05, 0.1) is 19.1 Å². The van der Waals surface area contributed by atoms with Crippen LogP contribution in [0.5, 0.6) is 11.5 Å². The minimum absolute atomic E-state index is 0.0549. The van der Waals surface area contributed by atoms with Crippen LogP contribution in [0.3, 0.4) is 0 Å². The molecule has 1 aliphatic heterocycles. The molecule has 1 fully saturated rings. The quantitative estimate of drug-likeness (QED) is 0.627. The van der Waals surface area contributed by atoms with Crippen molar-refractivity contribution in [2.45, 2.75) is 13.5 Å². The van der Waals surface area contributed by atoms with Crippen LogP contribution >= 0.6 is 11.8 Å². The first-order valence-corrected chi connectivity index (χ1v) is 9.02. The van der Waals surface area contributed by atoms with Crippen LogP contribution in [0, 0.1) is 6.92 Å². The first-order chi connectivity index (χ1) is 12.6. The number of benzene rings is 2. The number of rotatable bonds is 6. The molecule has 0 bridgehead atoms. The molecule has 0 aromatic heterocycles. The van der Waals surface area contributed by atoms with E-state index in [0.29, 0.717) is 29.0 Å². The van der Waals surface area contributed by atoms with Gasteiger partial charge in [-0.1, -0.05) is 41.6 Å². The van der Waals surface area contributed by atoms with Crippen LogP contribution in [0.2, 0.25) is 0 Å². The second kappa shape index (κ2) is 8.53. The van der Waals surface area contributed by atoms with E-state index >= 15 is 0 Å². The van der Waals surface area contributed by atoms with Gasteiger partial charge in [0.25, 0.3) is 0 Å². The second-order valence-electron chi connectivity index (χ2n) is 5.67. The average Bonchev–Trinajstić information content (AvgIpc) is 3.05. The van der Waals surface area contributed by atoms with Crippen molar-refractivity contribution in [2.24, 2.45) is 10.2 Å². The standard InChI is InChI=1S/C19H19N3O3S/c1-13-4-3-5-15(8-13)11-25-16-7-6-14(9-17(16)24-2)10-20-22-19-21-18(23)12-26-19/h3-10H,11-12H2,1-2H3,(H,21,22,23)/b20-10-. The number of carbonyl (C=O) groups excluding carboxylic acids is 1. The number of methoxy groups -OCH3 is 1. The van der Waals surface area contributed by atoms with E-state index in [-0.39, 0.29) is 5.91 Å². The Morgan fingerprint density at radius 1 is 1.23 bits per heavy atom. The van der Waals surface area contributed by atoms with Crippen LogP contribution in [0.1, 0.15) is 16.7 Å². The molecule has 2 aromatic rings. The van der Waals surface area contributed by atoms with E-state index in [1.54, 1.807) is 13.3 Å².